The zero-order valence-corrected chi connectivity index (χ0v) is 10.1. The first-order valence-corrected chi connectivity index (χ1v) is 5.75. The predicted molar refractivity (Wildman–Crippen MR) is 65.6 cm³/mol. The van der Waals surface area contributed by atoms with E-state index in [2.05, 4.69) is 10.3 Å². The van der Waals surface area contributed by atoms with Crippen molar-refractivity contribution in [1.82, 2.24) is 10.3 Å². The van der Waals surface area contributed by atoms with E-state index in [1.807, 2.05) is 0 Å². The minimum Gasteiger partial charge on any atom is -0.478 e. The van der Waals surface area contributed by atoms with Crippen molar-refractivity contribution in [2.75, 3.05) is 18.5 Å². The van der Waals surface area contributed by atoms with Crippen LogP contribution in [0.2, 0.25) is 0 Å². The van der Waals surface area contributed by atoms with E-state index in [4.69, 9.17) is 5.11 Å². The average Bonchev–Trinajstić information content (AvgIpc) is 3.12. The number of hydrogen-bond donors (Lipinski definition) is 2. The molecule has 96 valence electrons. The molecule has 0 aliphatic heterocycles. The molecule has 2 N–H and O–H groups in total. The first-order chi connectivity index (χ1) is 8.58. The lowest BCUT2D eigenvalue weighted by atomic mass is 10.2. The van der Waals surface area contributed by atoms with Gasteiger partial charge in [0.2, 0.25) is 5.91 Å². The fourth-order valence-corrected chi connectivity index (χ4v) is 1.67. The van der Waals surface area contributed by atoms with E-state index in [0.717, 1.165) is 12.8 Å². The van der Waals surface area contributed by atoms with Crippen LogP contribution in [0.15, 0.2) is 18.5 Å². The van der Waals surface area contributed by atoms with Gasteiger partial charge in [-0.3, -0.25) is 9.78 Å². The number of hydrogen-bond acceptors (Lipinski definition) is 4. The highest BCUT2D eigenvalue weighted by Gasteiger charge is 2.24. The summed E-state index contributed by atoms with van der Waals surface area (Å²) < 4.78 is 0. The third-order valence-electron chi connectivity index (χ3n) is 2.76. The summed E-state index contributed by atoms with van der Waals surface area (Å²) >= 11 is 0. The zero-order valence-electron chi connectivity index (χ0n) is 10.1. The summed E-state index contributed by atoms with van der Waals surface area (Å²) in [5.41, 5.74) is 0.586. The van der Waals surface area contributed by atoms with Crippen molar-refractivity contribution in [3.05, 3.63) is 24.0 Å². The number of carboxylic acids is 1. The Kier molecular flexibility index (Phi) is 3.45. The fourth-order valence-electron chi connectivity index (χ4n) is 1.67. The van der Waals surface area contributed by atoms with Gasteiger partial charge in [-0.05, 0) is 18.9 Å². The highest BCUT2D eigenvalue weighted by molar-refractivity contribution is 5.95. The molecule has 0 radical (unpaired) electrons. The quantitative estimate of drug-likeness (QED) is 0.793. The van der Waals surface area contributed by atoms with E-state index in [1.54, 1.807) is 11.9 Å². The Bertz CT molecular complexity index is 471. The molecule has 0 atom stereocenters. The SMILES string of the molecule is CN(CC(=O)NC1CC1)c1cnccc1C(=O)O. The second kappa shape index (κ2) is 5.03. The Morgan fingerprint density at radius 2 is 2.28 bits per heavy atom. The first kappa shape index (κ1) is 12.3. The summed E-state index contributed by atoms with van der Waals surface area (Å²) in [4.78, 5) is 28.2. The molecule has 1 amide bonds. The van der Waals surface area contributed by atoms with Gasteiger partial charge in [0.15, 0.2) is 0 Å². The molecule has 0 aromatic carbocycles. The van der Waals surface area contributed by atoms with Crippen molar-refractivity contribution in [2.24, 2.45) is 0 Å². The normalized spacial score (nSPS) is 14.1. The van der Waals surface area contributed by atoms with Gasteiger partial charge >= 0.3 is 5.97 Å². The van der Waals surface area contributed by atoms with Crippen LogP contribution in [0.3, 0.4) is 0 Å². The van der Waals surface area contributed by atoms with Crippen LogP contribution in [0.1, 0.15) is 23.2 Å². The number of aromatic nitrogens is 1. The third-order valence-corrected chi connectivity index (χ3v) is 2.76. The monoisotopic (exact) mass is 249 g/mol. The van der Waals surface area contributed by atoms with Crippen LogP contribution in [-0.4, -0.2) is 41.6 Å². The second-order valence-corrected chi connectivity index (χ2v) is 4.40. The van der Waals surface area contributed by atoms with E-state index in [-0.39, 0.29) is 18.0 Å². The van der Waals surface area contributed by atoms with Gasteiger partial charge in [0.25, 0.3) is 0 Å². The van der Waals surface area contributed by atoms with Crippen molar-refractivity contribution in [3.63, 3.8) is 0 Å². The third kappa shape index (κ3) is 2.97. The summed E-state index contributed by atoms with van der Waals surface area (Å²) in [6, 6.07) is 1.73. The number of nitrogens with zero attached hydrogens (tertiary/aromatic N) is 2. The lowest BCUT2D eigenvalue weighted by Crippen LogP contribution is -2.36. The van der Waals surface area contributed by atoms with Gasteiger partial charge in [-0.25, -0.2) is 4.79 Å². The van der Waals surface area contributed by atoms with Crippen molar-refractivity contribution < 1.29 is 14.7 Å². The number of carboxylic acid groups (broad SMARTS) is 1. The number of carbonyl (C=O) groups is 2. The maximum Gasteiger partial charge on any atom is 0.337 e. The molecule has 2 rings (SSSR count). The number of likely N-dealkylation sites (N-methyl/N-ethyl adjacent to an activating group) is 1. The largest absolute Gasteiger partial charge is 0.478 e. The molecule has 1 heterocycles. The molecule has 6 nitrogen and oxygen atoms in total. The fraction of sp³-hybridized carbons (Fsp3) is 0.417. The molecule has 1 fully saturated rings. The van der Waals surface area contributed by atoms with E-state index in [9.17, 15) is 9.59 Å². The summed E-state index contributed by atoms with van der Waals surface area (Å²) in [6.45, 7) is 0.127. The van der Waals surface area contributed by atoms with Crippen LogP contribution in [0.25, 0.3) is 0 Å². The summed E-state index contributed by atoms with van der Waals surface area (Å²) in [7, 11) is 1.68. The summed E-state index contributed by atoms with van der Waals surface area (Å²) in [6.07, 6.45) is 4.93. The van der Waals surface area contributed by atoms with Crippen LogP contribution >= 0.6 is 0 Å². The number of nitrogens with one attached hydrogen (secondary N) is 1. The first-order valence-electron chi connectivity index (χ1n) is 5.75. The van der Waals surface area contributed by atoms with E-state index in [1.165, 1.54) is 18.5 Å². The lowest BCUT2D eigenvalue weighted by Gasteiger charge is -2.19. The lowest BCUT2D eigenvalue weighted by molar-refractivity contribution is -0.119. The minimum atomic E-state index is -1.03. The summed E-state index contributed by atoms with van der Waals surface area (Å²) in [5.74, 6) is -1.12. The van der Waals surface area contributed by atoms with Gasteiger partial charge < -0.3 is 15.3 Å². The second-order valence-electron chi connectivity index (χ2n) is 4.40. The number of carbonyl (C=O) groups excluding carboxylic acids is 1. The molecule has 1 aliphatic rings. The molecule has 1 aromatic rings. The smallest absolute Gasteiger partial charge is 0.337 e. The average molecular weight is 249 g/mol. The minimum absolute atomic E-state index is 0.0970. The Morgan fingerprint density at radius 1 is 1.56 bits per heavy atom. The molecule has 0 bridgehead atoms. The molecule has 1 saturated carbocycles. The van der Waals surface area contributed by atoms with Gasteiger partial charge in [-0.15, -0.1) is 0 Å². The number of amides is 1. The molecule has 0 unspecified atom stereocenters. The predicted octanol–water partition coefficient (Wildman–Crippen LogP) is 0.495. The maximum atomic E-state index is 11.6. The van der Waals surface area contributed by atoms with E-state index >= 15 is 0 Å². The maximum absolute atomic E-state index is 11.6. The van der Waals surface area contributed by atoms with E-state index in [0.29, 0.717) is 11.7 Å². The Labute approximate surface area is 105 Å². The molecule has 0 saturated heterocycles. The zero-order chi connectivity index (χ0) is 13.1. The number of anilines is 1. The molecule has 1 aliphatic carbocycles. The molecule has 0 spiro atoms. The van der Waals surface area contributed by atoms with Crippen LogP contribution in [-0.2, 0) is 4.79 Å². The Balaban J connectivity index is 2.05. The number of rotatable bonds is 5. The molecule has 18 heavy (non-hydrogen) atoms. The highest BCUT2D eigenvalue weighted by Crippen LogP contribution is 2.20. The van der Waals surface area contributed by atoms with Crippen LogP contribution in [0, 0.1) is 0 Å². The van der Waals surface area contributed by atoms with Gasteiger partial charge in [0.1, 0.15) is 0 Å². The topological polar surface area (TPSA) is 82.5 Å². The van der Waals surface area contributed by atoms with Crippen molar-refractivity contribution in [2.45, 2.75) is 18.9 Å². The van der Waals surface area contributed by atoms with Crippen molar-refractivity contribution in [3.8, 4) is 0 Å². The molecule has 6 heteroatoms. The standard InChI is InChI=1S/C12H15N3O3/c1-15(7-11(16)14-8-2-3-8)10-6-13-5-4-9(10)12(17)18/h4-6,8H,2-3,7H2,1H3,(H,14,16)(H,17,18). The van der Waals surface area contributed by atoms with Gasteiger partial charge in [-0.2, -0.15) is 0 Å². The summed E-state index contributed by atoms with van der Waals surface area (Å²) in [5, 5.41) is 11.9. The van der Waals surface area contributed by atoms with Crippen LogP contribution in [0.4, 0.5) is 5.69 Å². The number of aromatic carboxylic acids is 1. The molecular formula is C12H15N3O3. The van der Waals surface area contributed by atoms with Gasteiger partial charge in [0, 0.05) is 19.3 Å². The van der Waals surface area contributed by atoms with Crippen molar-refractivity contribution in [1.29, 1.82) is 0 Å². The van der Waals surface area contributed by atoms with Crippen LogP contribution < -0.4 is 10.2 Å². The van der Waals surface area contributed by atoms with Crippen molar-refractivity contribution >= 4 is 17.6 Å². The number of pyridine rings is 1. The Hall–Kier alpha value is -2.11. The Morgan fingerprint density at radius 3 is 2.89 bits per heavy atom. The van der Waals surface area contributed by atoms with Crippen LogP contribution in [0.5, 0.6) is 0 Å². The van der Waals surface area contributed by atoms with Gasteiger partial charge in [0.05, 0.1) is 24.0 Å². The highest BCUT2D eigenvalue weighted by atomic mass is 16.4. The van der Waals surface area contributed by atoms with E-state index < -0.39 is 5.97 Å². The molecule has 1 aromatic heterocycles. The molecular weight excluding hydrogens is 234 g/mol. The van der Waals surface area contributed by atoms with Gasteiger partial charge in [-0.1, -0.05) is 0 Å².